The van der Waals surface area contributed by atoms with Gasteiger partial charge in [-0.05, 0) is 74.0 Å². The number of rotatable bonds is 5. The van der Waals surface area contributed by atoms with E-state index in [0.717, 1.165) is 59.2 Å². The van der Waals surface area contributed by atoms with Gasteiger partial charge in [-0.25, -0.2) is 14.1 Å². The van der Waals surface area contributed by atoms with E-state index in [9.17, 15) is 4.79 Å². The number of carbonyl (C=O) groups excluding carboxylic acids is 1. The van der Waals surface area contributed by atoms with Gasteiger partial charge in [-0.2, -0.15) is 0 Å². The van der Waals surface area contributed by atoms with Gasteiger partial charge in [-0.1, -0.05) is 29.5 Å². The molecule has 8 nitrogen and oxygen atoms in total. The molecule has 1 N–H and O–H groups in total. The van der Waals surface area contributed by atoms with E-state index in [-0.39, 0.29) is 11.9 Å². The van der Waals surface area contributed by atoms with Gasteiger partial charge in [-0.3, -0.25) is 9.78 Å². The highest BCUT2D eigenvalue weighted by Crippen LogP contribution is 2.24. The number of halogens is 1. The molecule has 0 spiro atoms. The Kier molecular flexibility index (Phi) is 6.04. The van der Waals surface area contributed by atoms with Crippen LogP contribution in [0.5, 0.6) is 0 Å². The first-order valence-electron chi connectivity index (χ1n) is 12.0. The van der Waals surface area contributed by atoms with Crippen molar-refractivity contribution in [3.8, 4) is 11.3 Å². The van der Waals surface area contributed by atoms with Gasteiger partial charge in [0.25, 0.3) is 5.91 Å². The minimum atomic E-state index is -0.175. The van der Waals surface area contributed by atoms with Crippen LogP contribution in [0.3, 0.4) is 0 Å². The Morgan fingerprint density at radius 1 is 1.03 bits per heavy atom. The summed E-state index contributed by atoms with van der Waals surface area (Å²) in [6.45, 7) is 2.29. The van der Waals surface area contributed by atoms with Crippen LogP contribution in [0.15, 0.2) is 72.9 Å². The Hall–Kier alpha value is -3.88. The van der Waals surface area contributed by atoms with E-state index in [0.29, 0.717) is 17.8 Å². The van der Waals surface area contributed by atoms with Crippen molar-refractivity contribution in [1.29, 1.82) is 0 Å². The van der Waals surface area contributed by atoms with Crippen LogP contribution in [0, 0.1) is 0 Å². The molecule has 0 unspecified atom stereocenters. The van der Waals surface area contributed by atoms with Gasteiger partial charge in [0.15, 0.2) is 5.65 Å². The maximum Gasteiger partial charge on any atom is 0.268 e. The first kappa shape index (κ1) is 22.6. The maximum atomic E-state index is 12.9. The predicted molar refractivity (Wildman–Crippen MR) is 140 cm³/mol. The summed E-state index contributed by atoms with van der Waals surface area (Å²) in [4.78, 5) is 22.1. The second-order valence-electron chi connectivity index (χ2n) is 8.99. The van der Waals surface area contributed by atoms with E-state index in [1.807, 2.05) is 48.5 Å². The molecule has 1 aliphatic rings. The van der Waals surface area contributed by atoms with Crippen molar-refractivity contribution < 1.29 is 4.79 Å². The van der Waals surface area contributed by atoms with Crippen LogP contribution < -0.4 is 5.32 Å². The summed E-state index contributed by atoms with van der Waals surface area (Å²) in [5.41, 5.74) is 5.74. The number of carbonyl (C=O) groups is 1. The monoisotopic (exact) mass is 497 g/mol. The number of hydrogen-bond donors (Lipinski definition) is 1. The zero-order valence-electron chi connectivity index (χ0n) is 19.5. The SMILES string of the molecule is O=C(c1ccc(-c2ccc3nnn(Cc4ccc5ncccc5c4)c3n2)cc1)N(Cl)C1CCNCC1. The molecule has 0 aliphatic carbocycles. The van der Waals surface area contributed by atoms with Crippen LogP contribution in [0.25, 0.3) is 33.3 Å². The zero-order valence-corrected chi connectivity index (χ0v) is 20.3. The van der Waals surface area contributed by atoms with Gasteiger partial charge in [0.1, 0.15) is 5.52 Å². The molecule has 0 radical (unpaired) electrons. The van der Waals surface area contributed by atoms with Crippen molar-refractivity contribution in [3.05, 3.63) is 84.1 Å². The van der Waals surface area contributed by atoms with Gasteiger partial charge in [0, 0.05) is 34.5 Å². The lowest BCUT2D eigenvalue weighted by molar-refractivity contribution is 0.0805. The number of aromatic nitrogens is 5. The molecule has 2 aromatic carbocycles. The minimum absolute atomic E-state index is 0.0517. The normalized spacial score (nSPS) is 14.4. The molecule has 1 aliphatic heterocycles. The van der Waals surface area contributed by atoms with E-state index >= 15 is 0 Å². The number of nitrogens with one attached hydrogen (secondary N) is 1. The van der Waals surface area contributed by atoms with Crippen LogP contribution in [0.2, 0.25) is 0 Å². The number of amides is 1. The molecule has 0 bridgehead atoms. The molecule has 1 fully saturated rings. The lowest BCUT2D eigenvalue weighted by Gasteiger charge is -2.29. The largest absolute Gasteiger partial charge is 0.317 e. The molecule has 0 saturated carbocycles. The Morgan fingerprint density at radius 3 is 2.67 bits per heavy atom. The van der Waals surface area contributed by atoms with E-state index in [1.165, 1.54) is 4.42 Å². The lowest BCUT2D eigenvalue weighted by Crippen LogP contribution is -2.41. The highest BCUT2D eigenvalue weighted by molar-refractivity contribution is 6.24. The summed E-state index contributed by atoms with van der Waals surface area (Å²) in [7, 11) is 0. The summed E-state index contributed by atoms with van der Waals surface area (Å²) in [6.07, 6.45) is 3.51. The highest BCUT2D eigenvalue weighted by Gasteiger charge is 2.25. The Balaban J connectivity index is 1.24. The Morgan fingerprint density at radius 2 is 1.83 bits per heavy atom. The van der Waals surface area contributed by atoms with Crippen LogP contribution in [-0.2, 0) is 6.54 Å². The standard InChI is InChI=1S/C27H24ClN7O/c28-35(22-11-14-29-15-12-22)27(36)20-6-4-19(5-7-20)24-9-10-25-26(31-24)34(33-32-25)17-18-3-8-23-21(16-18)2-1-13-30-23/h1-10,13,16,22,29H,11-12,14-15,17H2. The van der Waals surface area contributed by atoms with Crippen LogP contribution in [0.4, 0.5) is 0 Å². The first-order chi connectivity index (χ1) is 17.7. The quantitative estimate of drug-likeness (QED) is 0.361. The molecule has 1 amide bonds. The smallest absolute Gasteiger partial charge is 0.268 e. The van der Waals surface area contributed by atoms with Gasteiger partial charge >= 0.3 is 0 Å². The fraction of sp³-hybridized carbons (Fsp3) is 0.222. The lowest BCUT2D eigenvalue weighted by atomic mass is 10.0. The van der Waals surface area contributed by atoms with Crippen LogP contribution >= 0.6 is 11.8 Å². The second-order valence-corrected chi connectivity index (χ2v) is 9.36. The third-order valence-corrected chi connectivity index (χ3v) is 7.04. The number of piperidine rings is 1. The molecule has 9 heteroatoms. The van der Waals surface area contributed by atoms with Gasteiger partial charge in [0.2, 0.25) is 0 Å². The summed E-state index contributed by atoms with van der Waals surface area (Å²) in [6, 6.07) is 21.5. The summed E-state index contributed by atoms with van der Waals surface area (Å²) >= 11 is 6.39. The van der Waals surface area contributed by atoms with Gasteiger partial charge in [-0.15, -0.1) is 5.10 Å². The molecule has 4 heterocycles. The Labute approximate surface area is 213 Å². The first-order valence-corrected chi connectivity index (χ1v) is 12.3. The van der Waals surface area contributed by atoms with E-state index < -0.39 is 0 Å². The van der Waals surface area contributed by atoms with Crippen molar-refractivity contribution in [3.63, 3.8) is 0 Å². The molecule has 36 heavy (non-hydrogen) atoms. The highest BCUT2D eigenvalue weighted by atomic mass is 35.5. The average molecular weight is 498 g/mol. The molecule has 180 valence electrons. The second kappa shape index (κ2) is 9.64. The molecule has 5 aromatic rings. The van der Waals surface area contributed by atoms with Crippen molar-refractivity contribution in [2.75, 3.05) is 13.1 Å². The molecule has 6 rings (SSSR count). The third-order valence-electron chi connectivity index (χ3n) is 6.61. The van der Waals surface area contributed by atoms with E-state index in [1.54, 1.807) is 23.0 Å². The van der Waals surface area contributed by atoms with Crippen molar-refractivity contribution in [2.45, 2.75) is 25.4 Å². The molecule has 3 aromatic heterocycles. The summed E-state index contributed by atoms with van der Waals surface area (Å²) in [5.74, 6) is -0.175. The summed E-state index contributed by atoms with van der Waals surface area (Å²) < 4.78 is 3.16. The molecular formula is C27H24ClN7O. The zero-order chi connectivity index (χ0) is 24.5. The third kappa shape index (κ3) is 4.41. The summed E-state index contributed by atoms with van der Waals surface area (Å²) in [5, 5.41) is 13.0. The number of benzene rings is 2. The van der Waals surface area contributed by atoms with Crippen LogP contribution in [-0.4, -0.2) is 54.4 Å². The number of hydrogen-bond acceptors (Lipinski definition) is 6. The van der Waals surface area contributed by atoms with E-state index in [4.69, 9.17) is 16.8 Å². The van der Waals surface area contributed by atoms with Gasteiger partial charge in [0.05, 0.1) is 23.8 Å². The van der Waals surface area contributed by atoms with E-state index in [2.05, 4.69) is 26.7 Å². The fourth-order valence-electron chi connectivity index (χ4n) is 4.62. The number of fused-ring (bicyclic) bond motifs is 2. The van der Waals surface area contributed by atoms with Crippen LogP contribution in [0.1, 0.15) is 28.8 Å². The predicted octanol–water partition coefficient (Wildman–Crippen LogP) is 4.44. The molecule has 1 saturated heterocycles. The number of nitrogens with zero attached hydrogens (tertiary/aromatic N) is 6. The Bertz CT molecular complexity index is 1540. The molecular weight excluding hydrogens is 474 g/mol. The van der Waals surface area contributed by atoms with Gasteiger partial charge < -0.3 is 5.32 Å². The number of pyridine rings is 2. The van der Waals surface area contributed by atoms with Crippen molar-refractivity contribution in [2.24, 2.45) is 0 Å². The minimum Gasteiger partial charge on any atom is -0.317 e. The topological polar surface area (TPSA) is 88.8 Å². The van der Waals surface area contributed by atoms with Crippen molar-refractivity contribution in [1.82, 2.24) is 34.7 Å². The van der Waals surface area contributed by atoms with Crippen molar-refractivity contribution >= 4 is 39.8 Å². The molecule has 0 atom stereocenters. The fourth-order valence-corrected chi connectivity index (χ4v) is 4.92. The maximum absolute atomic E-state index is 12.9. The average Bonchev–Trinajstić information content (AvgIpc) is 3.34.